The van der Waals surface area contributed by atoms with Gasteiger partial charge in [0.1, 0.15) is 13.2 Å². The summed E-state index contributed by atoms with van der Waals surface area (Å²) in [4.78, 5) is 37.9. The average Bonchev–Trinajstić information content (AvgIpc) is 3.26. The zero-order chi connectivity index (χ0) is 44.4. The highest BCUT2D eigenvalue weighted by molar-refractivity contribution is 5.71. The van der Waals surface area contributed by atoms with Crippen LogP contribution >= 0.6 is 0 Å². The van der Waals surface area contributed by atoms with E-state index in [1.807, 2.05) is 0 Å². The van der Waals surface area contributed by atoms with E-state index in [1.54, 1.807) is 0 Å². The third-order valence-corrected chi connectivity index (χ3v) is 11.0. The van der Waals surface area contributed by atoms with Gasteiger partial charge in [0.2, 0.25) is 0 Å². The Hall–Kier alpha value is -2.89. The summed E-state index contributed by atoms with van der Waals surface area (Å²) in [6.07, 6.45) is 60.7. The summed E-state index contributed by atoms with van der Waals surface area (Å²) in [6, 6.07) is 0. The van der Waals surface area contributed by atoms with Gasteiger partial charge < -0.3 is 14.2 Å². The predicted molar refractivity (Wildman–Crippen MR) is 261 cm³/mol. The number of allylic oxidation sites excluding steroid dienone is 10. The normalized spacial score (nSPS) is 12.5. The molecule has 0 rings (SSSR count). The third kappa shape index (κ3) is 48.0. The molecule has 0 spiro atoms. The van der Waals surface area contributed by atoms with Crippen LogP contribution in [0.25, 0.3) is 0 Å². The number of hydrogen-bond donors (Lipinski definition) is 0. The Morgan fingerprint density at radius 3 is 1.07 bits per heavy atom. The van der Waals surface area contributed by atoms with Crippen molar-refractivity contribution in [2.24, 2.45) is 0 Å². The van der Waals surface area contributed by atoms with Crippen LogP contribution in [0.1, 0.15) is 252 Å². The van der Waals surface area contributed by atoms with E-state index in [9.17, 15) is 14.4 Å². The van der Waals surface area contributed by atoms with Gasteiger partial charge in [-0.2, -0.15) is 0 Å². The fraction of sp³-hybridized carbons (Fsp3) is 0.764. The first-order chi connectivity index (χ1) is 30.0. The highest BCUT2D eigenvalue weighted by Gasteiger charge is 2.19. The molecule has 0 saturated heterocycles. The van der Waals surface area contributed by atoms with E-state index >= 15 is 0 Å². The standard InChI is InChI=1S/C55H96O6/c1-4-7-10-13-16-19-22-25-27-28-29-31-33-36-39-42-45-48-54(57)60-51-52(50-59-53(56)47-44-41-38-35-32-24-21-18-15-12-9-6-3)61-55(58)49-46-43-40-37-34-30-26-23-20-17-14-11-8-5-2/h9,12,18,21,25,27,30,32,34-35,52H,4-8,10-11,13-17,19-20,22-24,26,28-29,31,33,36-51H2,1-3H3/b12-9-,21-18-,27-25-,34-30-,35-32-. The summed E-state index contributed by atoms with van der Waals surface area (Å²) >= 11 is 0. The molecule has 1 atom stereocenters. The maximum atomic E-state index is 12.8. The summed E-state index contributed by atoms with van der Waals surface area (Å²) in [7, 11) is 0. The summed E-state index contributed by atoms with van der Waals surface area (Å²) in [6.45, 7) is 6.47. The molecule has 6 heteroatoms. The van der Waals surface area contributed by atoms with Crippen molar-refractivity contribution in [1.82, 2.24) is 0 Å². The number of carbonyl (C=O) groups excluding carboxylic acids is 3. The highest BCUT2D eigenvalue weighted by Crippen LogP contribution is 2.14. The molecule has 0 radical (unpaired) electrons. The molecular weight excluding hydrogens is 757 g/mol. The van der Waals surface area contributed by atoms with Crippen LogP contribution in [0.3, 0.4) is 0 Å². The summed E-state index contributed by atoms with van der Waals surface area (Å²) in [5, 5.41) is 0. The van der Waals surface area contributed by atoms with Crippen LogP contribution in [0.5, 0.6) is 0 Å². The molecule has 6 nitrogen and oxygen atoms in total. The van der Waals surface area contributed by atoms with Crippen LogP contribution in [-0.4, -0.2) is 37.2 Å². The zero-order valence-electron chi connectivity index (χ0n) is 40.2. The maximum Gasteiger partial charge on any atom is 0.306 e. The van der Waals surface area contributed by atoms with Gasteiger partial charge in [0, 0.05) is 19.3 Å². The van der Waals surface area contributed by atoms with Crippen molar-refractivity contribution in [1.29, 1.82) is 0 Å². The molecule has 0 N–H and O–H groups in total. The molecule has 352 valence electrons. The first-order valence-corrected chi connectivity index (χ1v) is 25.8. The number of ether oxygens (including phenoxy) is 3. The fourth-order valence-electron chi connectivity index (χ4n) is 7.09. The van der Waals surface area contributed by atoms with Crippen LogP contribution in [0.4, 0.5) is 0 Å². The molecule has 0 heterocycles. The molecule has 0 aliphatic carbocycles. The van der Waals surface area contributed by atoms with Gasteiger partial charge >= 0.3 is 17.9 Å². The van der Waals surface area contributed by atoms with E-state index in [4.69, 9.17) is 14.2 Å². The number of esters is 3. The quantitative estimate of drug-likeness (QED) is 0.0263. The fourth-order valence-corrected chi connectivity index (χ4v) is 7.09. The molecule has 61 heavy (non-hydrogen) atoms. The summed E-state index contributed by atoms with van der Waals surface area (Å²) in [5.41, 5.74) is 0. The lowest BCUT2D eigenvalue weighted by molar-refractivity contribution is -0.167. The van der Waals surface area contributed by atoms with E-state index in [2.05, 4.69) is 81.5 Å². The summed E-state index contributed by atoms with van der Waals surface area (Å²) < 4.78 is 16.7. The molecular formula is C55H96O6. The minimum absolute atomic E-state index is 0.0943. The van der Waals surface area contributed by atoms with E-state index in [-0.39, 0.29) is 31.1 Å². The molecule has 0 aliphatic rings. The minimum Gasteiger partial charge on any atom is -0.462 e. The molecule has 0 amide bonds. The number of rotatable bonds is 46. The number of unbranched alkanes of at least 4 members (excludes halogenated alkanes) is 25. The predicted octanol–water partition coefficient (Wildman–Crippen LogP) is 16.9. The molecule has 0 aromatic heterocycles. The second-order valence-corrected chi connectivity index (χ2v) is 17.0. The van der Waals surface area contributed by atoms with Gasteiger partial charge in [-0.25, -0.2) is 0 Å². The van der Waals surface area contributed by atoms with Gasteiger partial charge in [-0.3, -0.25) is 14.4 Å². The van der Waals surface area contributed by atoms with Crippen molar-refractivity contribution in [3.8, 4) is 0 Å². The second-order valence-electron chi connectivity index (χ2n) is 17.0. The Morgan fingerprint density at radius 1 is 0.344 bits per heavy atom. The largest absolute Gasteiger partial charge is 0.462 e. The van der Waals surface area contributed by atoms with E-state index < -0.39 is 6.10 Å². The van der Waals surface area contributed by atoms with Crippen LogP contribution in [0.2, 0.25) is 0 Å². The van der Waals surface area contributed by atoms with Gasteiger partial charge in [0.15, 0.2) is 6.10 Å². The topological polar surface area (TPSA) is 78.9 Å². The lowest BCUT2D eigenvalue weighted by Gasteiger charge is -2.18. The number of carbonyl (C=O) groups is 3. The van der Waals surface area contributed by atoms with E-state index in [0.29, 0.717) is 19.3 Å². The average molecular weight is 853 g/mol. The van der Waals surface area contributed by atoms with Gasteiger partial charge in [-0.05, 0) is 103 Å². The Balaban J connectivity index is 4.42. The van der Waals surface area contributed by atoms with Gasteiger partial charge in [0.05, 0.1) is 0 Å². The molecule has 0 aromatic carbocycles. The first kappa shape index (κ1) is 58.1. The molecule has 0 fully saturated rings. The van der Waals surface area contributed by atoms with Crippen LogP contribution in [0, 0.1) is 0 Å². The Labute approximate surface area is 377 Å². The van der Waals surface area contributed by atoms with Gasteiger partial charge in [0.25, 0.3) is 0 Å². The van der Waals surface area contributed by atoms with Gasteiger partial charge in [-0.15, -0.1) is 0 Å². The summed E-state index contributed by atoms with van der Waals surface area (Å²) in [5.74, 6) is -0.953. The highest BCUT2D eigenvalue weighted by atomic mass is 16.6. The molecule has 1 unspecified atom stereocenters. The number of hydrogen-bond acceptors (Lipinski definition) is 6. The smallest absolute Gasteiger partial charge is 0.306 e. The second kappa shape index (κ2) is 49.8. The van der Waals surface area contributed by atoms with Gasteiger partial charge in [-0.1, -0.05) is 191 Å². The monoisotopic (exact) mass is 853 g/mol. The van der Waals surface area contributed by atoms with Crippen molar-refractivity contribution in [2.45, 2.75) is 258 Å². The Morgan fingerprint density at radius 2 is 0.639 bits per heavy atom. The minimum atomic E-state index is -0.797. The Kier molecular flexibility index (Phi) is 47.4. The van der Waals surface area contributed by atoms with Crippen molar-refractivity contribution in [3.63, 3.8) is 0 Å². The molecule has 0 bridgehead atoms. The molecule has 0 aliphatic heterocycles. The lowest BCUT2D eigenvalue weighted by atomic mass is 10.1. The molecule has 0 aromatic rings. The van der Waals surface area contributed by atoms with Crippen LogP contribution < -0.4 is 0 Å². The molecule has 0 saturated carbocycles. The van der Waals surface area contributed by atoms with Crippen molar-refractivity contribution < 1.29 is 28.6 Å². The zero-order valence-corrected chi connectivity index (χ0v) is 40.2. The van der Waals surface area contributed by atoms with Crippen LogP contribution in [0.15, 0.2) is 60.8 Å². The third-order valence-electron chi connectivity index (χ3n) is 11.0. The van der Waals surface area contributed by atoms with E-state index in [1.165, 1.54) is 122 Å². The SMILES string of the molecule is CC/C=C\C/C=C\C/C=C\CCCCC(=O)OCC(COC(=O)CCCCCCCCC/C=C\CCCCCCCC)OC(=O)CCCCC/C=C\CCCCCCCCC. The van der Waals surface area contributed by atoms with Crippen molar-refractivity contribution in [3.05, 3.63) is 60.8 Å². The van der Waals surface area contributed by atoms with E-state index in [0.717, 1.165) is 89.9 Å². The Bertz CT molecular complexity index is 1120. The maximum absolute atomic E-state index is 12.8. The van der Waals surface area contributed by atoms with Crippen molar-refractivity contribution in [2.75, 3.05) is 13.2 Å². The van der Waals surface area contributed by atoms with Crippen LogP contribution in [-0.2, 0) is 28.6 Å². The first-order valence-electron chi connectivity index (χ1n) is 25.8. The lowest BCUT2D eigenvalue weighted by Crippen LogP contribution is -2.30. The van der Waals surface area contributed by atoms with Crippen molar-refractivity contribution >= 4 is 17.9 Å².